The van der Waals surface area contributed by atoms with Crippen LogP contribution in [0, 0.1) is 5.92 Å². The van der Waals surface area contributed by atoms with Gasteiger partial charge in [0.2, 0.25) is 0 Å². The molecular formula is C15H17NO5S. The van der Waals surface area contributed by atoms with Crippen LogP contribution in [0.3, 0.4) is 0 Å². The van der Waals surface area contributed by atoms with Crippen molar-refractivity contribution in [3.63, 3.8) is 0 Å². The number of fused-ring (bicyclic) bond motifs is 1. The van der Waals surface area contributed by atoms with E-state index in [-0.39, 0.29) is 23.6 Å². The first-order valence-corrected chi connectivity index (χ1v) is 8.43. The van der Waals surface area contributed by atoms with Crippen molar-refractivity contribution in [1.82, 2.24) is 4.72 Å². The van der Waals surface area contributed by atoms with Crippen LogP contribution >= 0.6 is 0 Å². The number of ketones is 1. The van der Waals surface area contributed by atoms with E-state index in [4.69, 9.17) is 4.74 Å². The summed E-state index contributed by atoms with van der Waals surface area (Å²) in [5.74, 6) is -2.00. The highest BCUT2D eigenvalue weighted by molar-refractivity contribution is 7.90. The van der Waals surface area contributed by atoms with E-state index < -0.39 is 27.7 Å². The maximum Gasteiger partial charge on any atom is 0.316 e. The van der Waals surface area contributed by atoms with Gasteiger partial charge in [0, 0.05) is 11.6 Å². The topological polar surface area (TPSA) is 89.5 Å². The van der Waals surface area contributed by atoms with Crippen molar-refractivity contribution in [3.05, 3.63) is 35.9 Å². The van der Waals surface area contributed by atoms with Crippen LogP contribution in [0.25, 0.3) is 5.70 Å². The van der Waals surface area contributed by atoms with Crippen molar-refractivity contribution in [3.8, 4) is 0 Å². The summed E-state index contributed by atoms with van der Waals surface area (Å²) in [6.45, 7) is 3.55. The SMILES string of the molecule is CCOC(=O)C(CC)C(=O)/C=C1\NS(=O)(=O)c2ccccc21. The highest BCUT2D eigenvalue weighted by atomic mass is 32.2. The molecule has 1 aromatic carbocycles. The van der Waals surface area contributed by atoms with Crippen molar-refractivity contribution in [2.45, 2.75) is 25.2 Å². The average molecular weight is 323 g/mol. The van der Waals surface area contributed by atoms with Crippen LogP contribution in [-0.2, 0) is 24.3 Å². The molecule has 118 valence electrons. The van der Waals surface area contributed by atoms with Crippen LogP contribution in [0.4, 0.5) is 0 Å². The molecule has 1 N–H and O–H groups in total. The van der Waals surface area contributed by atoms with Crippen molar-refractivity contribution >= 4 is 27.5 Å². The van der Waals surface area contributed by atoms with Gasteiger partial charge in [0.25, 0.3) is 10.0 Å². The molecule has 0 bridgehead atoms. The molecule has 1 atom stereocenters. The van der Waals surface area contributed by atoms with E-state index in [9.17, 15) is 18.0 Å². The minimum absolute atomic E-state index is 0.123. The maximum absolute atomic E-state index is 12.3. The number of ether oxygens (including phenoxy) is 1. The predicted octanol–water partition coefficient (Wildman–Crippen LogP) is 1.48. The lowest BCUT2D eigenvalue weighted by Crippen LogP contribution is -2.25. The molecule has 0 aliphatic carbocycles. The van der Waals surface area contributed by atoms with E-state index in [1.807, 2.05) is 0 Å². The van der Waals surface area contributed by atoms with E-state index in [1.54, 1.807) is 32.0 Å². The summed E-state index contributed by atoms with van der Waals surface area (Å²) in [4.78, 5) is 24.1. The molecule has 1 aliphatic rings. The summed E-state index contributed by atoms with van der Waals surface area (Å²) < 4.78 is 31.1. The summed E-state index contributed by atoms with van der Waals surface area (Å²) in [5, 5.41) is 0. The van der Waals surface area contributed by atoms with Gasteiger partial charge in [-0.3, -0.25) is 14.3 Å². The zero-order valence-electron chi connectivity index (χ0n) is 12.3. The molecule has 1 aromatic rings. The molecule has 2 rings (SSSR count). The smallest absolute Gasteiger partial charge is 0.316 e. The van der Waals surface area contributed by atoms with Gasteiger partial charge >= 0.3 is 5.97 Å². The second-order valence-electron chi connectivity index (χ2n) is 4.77. The summed E-state index contributed by atoms with van der Waals surface area (Å²) in [5.41, 5.74) is 0.609. The molecule has 0 fully saturated rings. The number of benzene rings is 1. The standard InChI is InChI=1S/C15H17NO5S/c1-3-10(15(18)21-4-2)13(17)9-12-11-7-5-6-8-14(11)22(19,20)16-12/h5-10,16H,3-4H2,1-2H3/b12-9-. The van der Waals surface area contributed by atoms with Crippen molar-refractivity contribution in [1.29, 1.82) is 0 Å². The third-order valence-electron chi connectivity index (χ3n) is 3.32. The average Bonchev–Trinajstić information content (AvgIpc) is 2.72. The Kier molecular flexibility index (Phi) is 4.65. The number of rotatable bonds is 5. The van der Waals surface area contributed by atoms with E-state index in [0.717, 1.165) is 6.08 Å². The number of sulfonamides is 1. The fourth-order valence-electron chi connectivity index (χ4n) is 2.26. The summed E-state index contributed by atoms with van der Waals surface area (Å²) >= 11 is 0. The van der Waals surface area contributed by atoms with Crippen LogP contribution in [0.15, 0.2) is 35.2 Å². The molecule has 1 aliphatic heterocycles. The van der Waals surface area contributed by atoms with Crippen LogP contribution in [0.2, 0.25) is 0 Å². The molecule has 6 nitrogen and oxygen atoms in total. The van der Waals surface area contributed by atoms with Gasteiger partial charge < -0.3 is 4.74 Å². The van der Waals surface area contributed by atoms with Crippen LogP contribution in [-0.4, -0.2) is 26.8 Å². The van der Waals surface area contributed by atoms with Gasteiger partial charge in [-0.1, -0.05) is 25.1 Å². The monoisotopic (exact) mass is 323 g/mol. The number of hydrogen-bond acceptors (Lipinski definition) is 5. The Morgan fingerprint density at radius 2 is 1.95 bits per heavy atom. The van der Waals surface area contributed by atoms with Gasteiger partial charge in [-0.15, -0.1) is 0 Å². The molecule has 1 unspecified atom stereocenters. The number of carbonyl (C=O) groups excluding carboxylic acids is 2. The Labute approximate surface area is 129 Å². The Morgan fingerprint density at radius 1 is 1.27 bits per heavy atom. The van der Waals surface area contributed by atoms with Gasteiger partial charge in [-0.2, -0.15) is 0 Å². The molecule has 0 aromatic heterocycles. The summed E-state index contributed by atoms with van der Waals surface area (Å²) in [7, 11) is -3.65. The highest BCUT2D eigenvalue weighted by Crippen LogP contribution is 2.30. The lowest BCUT2D eigenvalue weighted by molar-refractivity contribution is -0.150. The summed E-state index contributed by atoms with van der Waals surface area (Å²) in [6, 6.07) is 6.36. The second-order valence-corrected chi connectivity index (χ2v) is 6.43. The van der Waals surface area contributed by atoms with Crippen molar-refractivity contribution in [2.24, 2.45) is 5.92 Å². The summed E-state index contributed by atoms with van der Waals surface area (Å²) in [6.07, 6.45) is 1.45. The van der Waals surface area contributed by atoms with Gasteiger partial charge in [-0.05, 0) is 19.4 Å². The normalized spacial score (nSPS) is 18.4. The van der Waals surface area contributed by atoms with Crippen molar-refractivity contribution in [2.75, 3.05) is 6.61 Å². The van der Waals surface area contributed by atoms with Crippen LogP contribution in [0.1, 0.15) is 25.8 Å². The Hall–Kier alpha value is -2.15. The third-order valence-corrected chi connectivity index (χ3v) is 4.74. The minimum atomic E-state index is -3.65. The number of allylic oxidation sites excluding steroid dienone is 1. The molecule has 0 spiro atoms. The molecule has 0 amide bonds. The highest BCUT2D eigenvalue weighted by Gasteiger charge is 2.31. The Morgan fingerprint density at radius 3 is 2.59 bits per heavy atom. The zero-order valence-corrected chi connectivity index (χ0v) is 13.1. The number of nitrogens with one attached hydrogen (secondary N) is 1. The zero-order chi connectivity index (χ0) is 16.3. The quantitative estimate of drug-likeness (QED) is 0.503. The Bertz CT molecular complexity index is 736. The van der Waals surface area contributed by atoms with E-state index in [0.29, 0.717) is 5.56 Å². The molecule has 0 saturated heterocycles. The van der Waals surface area contributed by atoms with Gasteiger partial charge in [0.15, 0.2) is 5.78 Å². The van der Waals surface area contributed by atoms with Crippen LogP contribution < -0.4 is 4.72 Å². The largest absolute Gasteiger partial charge is 0.465 e. The van der Waals surface area contributed by atoms with Gasteiger partial charge in [-0.25, -0.2) is 8.42 Å². The van der Waals surface area contributed by atoms with Crippen molar-refractivity contribution < 1.29 is 22.7 Å². The lowest BCUT2D eigenvalue weighted by atomic mass is 9.99. The van der Waals surface area contributed by atoms with Gasteiger partial charge in [0.05, 0.1) is 17.2 Å². The van der Waals surface area contributed by atoms with E-state index >= 15 is 0 Å². The maximum atomic E-state index is 12.3. The molecule has 22 heavy (non-hydrogen) atoms. The first-order chi connectivity index (χ1) is 10.4. The fourth-order valence-corrected chi connectivity index (χ4v) is 3.55. The predicted molar refractivity (Wildman–Crippen MR) is 80.2 cm³/mol. The molecule has 0 saturated carbocycles. The fraction of sp³-hybridized carbons (Fsp3) is 0.333. The lowest BCUT2D eigenvalue weighted by Gasteiger charge is -2.10. The molecule has 0 radical (unpaired) electrons. The third kappa shape index (κ3) is 3.04. The number of carbonyl (C=O) groups is 2. The first-order valence-electron chi connectivity index (χ1n) is 6.95. The second kappa shape index (κ2) is 6.31. The van der Waals surface area contributed by atoms with Crippen LogP contribution in [0.5, 0.6) is 0 Å². The Balaban J connectivity index is 2.34. The molecular weight excluding hydrogens is 306 g/mol. The minimum Gasteiger partial charge on any atom is -0.465 e. The first kappa shape index (κ1) is 16.2. The van der Waals surface area contributed by atoms with Gasteiger partial charge in [0.1, 0.15) is 5.92 Å². The van der Waals surface area contributed by atoms with E-state index in [1.165, 1.54) is 6.07 Å². The van der Waals surface area contributed by atoms with E-state index in [2.05, 4.69) is 4.72 Å². The number of hydrogen-bond donors (Lipinski definition) is 1. The molecule has 7 heteroatoms. The molecule has 1 heterocycles. The number of esters is 1.